The van der Waals surface area contributed by atoms with Crippen molar-refractivity contribution in [3.63, 3.8) is 0 Å². The average molecular weight is 242 g/mol. The lowest BCUT2D eigenvalue weighted by molar-refractivity contribution is -0.00557. The molecule has 1 fully saturated rings. The van der Waals surface area contributed by atoms with Crippen molar-refractivity contribution in [2.75, 3.05) is 13.2 Å². The van der Waals surface area contributed by atoms with Gasteiger partial charge in [0.25, 0.3) is 0 Å². The molecule has 0 aromatic heterocycles. The zero-order chi connectivity index (χ0) is 11.5. The zero-order valence-electron chi connectivity index (χ0n) is 9.28. The monoisotopic (exact) mass is 241 g/mol. The van der Waals surface area contributed by atoms with Gasteiger partial charge < -0.3 is 15.2 Å². The smallest absolute Gasteiger partial charge is 0.137 e. The van der Waals surface area contributed by atoms with E-state index in [-0.39, 0.29) is 12.1 Å². The second-order valence-corrected chi connectivity index (χ2v) is 4.53. The van der Waals surface area contributed by atoms with E-state index in [0.29, 0.717) is 11.6 Å². The summed E-state index contributed by atoms with van der Waals surface area (Å²) in [6.07, 6.45) is 0.760. The highest BCUT2D eigenvalue weighted by molar-refractivity contribution is 6.30. The zero-order valence-corrected chi connectivity index (χ0v) is 10.0. The van der Waals surface area contributed by atoms with Gasteiger partial charge in [-0.2, -0.15) is 0 Å². The molecule has 1 aromatic rings. The predicted molar refractivity (Wildman–Crippen MR) is 64.0 cm³/mol. The lowest BCUT2D eigenvalue weighted by Crippen LogP contribution is -2.46. The van der Waals surface area contributed by atoms with Gasteiger partial charge in [0.05, 0.1) is 6.61 Å². The van der Waals surface area contributed by atoms with E-state index in [1.165, 1.54) is 0 Å². The topological polar surface area (TPSA) is 44.5 Å². The summed E-state index contributed by atoms with van der Waals surface area (Å²) in [7, 11) is 0. The molecule has 3 nitrogen and oxygen atoms in total. The van der Waals surface area contributed by atoms with Crippen LogP contribution in [0.2, 0.25) is 5.02 Å². The molecule has 1 saturated heterocycles. The molecular formula is C12H16ClNO2. The van der Waals surface area contributed by atoms with E-state index >= 15 is 0 Å². The van der Waals surface area contributed by atoms with Crippen molar-refractivity contribution in [2.45, 2.75) is 25.5 Å². The molecule has 0 saturated carbocycles. The number of benzene rings is 1. The Morgan fingerprint density at radius 3 is 3.06 bits per heavy atom. The number of rotatable bonds is 2. The first-order chi connectivity index (χ1) is 7.66. The third-order valence-corrected chi connectivity index (χ3v) is 3.02. The van der Waals surface area contributed by atoms with Crippen LogP contribution in [0, 0.1) is 6.92 Å². The molecule has 2 N–H and O–H groups in total. The Kier molecular flexibility index (Phi) is 3.69. The van der Waals surface area contributed by atoms with Crippen molar-refractivity contribution in [2.24, 2.45) is 5.73 Å². The summed E-state index contributed by atoms with van der Waals surface area (Å²) < 4.78 is 11.2. The first kappa shape index (κ1) is 11.7. The van der Waals surface area contributed by atoms with Crippen LogP contribution in [0.5, 0.6) is 5.75 Å². The normalized spacial score (nSPS) is 25.4. The highest BCUT2D eigenvalue weighted by Crippen LogP contribution is 2.25. The minimum absolute atomic E-state index is 0.0344. The Morgan fingerprint density at radius 1 is 1.50 bits per heavy atom. The van der Waals surface area contributed by atoms with Crippen molar-refractivity contribution >= 4 is 11.6 Å². The summed E-state index contributed by atoms with van der Waals surface area (Å²) >= 11 is 5.93. The number of nitrogens with two attached hydrogens (primary N) is 1. The van der Waals surface area contributed by atoms with Gasteiger partial charge in [-0.15, -0.1) is 0 Å². The van der Waals surface area contributed by atoms with Gasteiger partial charge >= 0.3 is 0 Å². The second-order valence-electron chi connectivity index (χ2n) is 4.09. The van der Waals surface area contributed by atoms with Crippen LogP contribution in [-0.2, 0) is 4.74 Å². The molecule has 0 spiro atoms. The Hall–Kier alpha value is -0.770. The molecule has 88 valence electrons. The van der Waals surface area contributed by atoms with E-state index in [4.69, 9.17) is 26.8 Å². The summed E-state index contributed by atoms with van der Waals surface area (Å²) in [5.74, 6) is 0.790. The van der Waals surface area contributed by atoms with E-state index in [1.54, 1.807) is 0 Å². The first-order valence-electron chi connectivity index (χ1n) is 5.43. The van der Waals surface area contributed by atoms with Crippen molar-refractivity contribution < 1.29 is 9.47 Å². The van der Waals surface area contributed by atoms with Crippen LogP contribution < -0.4 is 10.5 Å². The molecule has 1 aliphatic rings. The third-order valence-electron chi connectivity index (χ3n) is 2.78. The Balaban J connectivity index is 2.10. The fraction of sp³-hybridized carbons (Fsp3) is 0.500. The van der Waals surface area contributed by atoms with Crippen molar-refractivity contribution in [3.8, 4) is 5.75 Å². The van der Waals surface area contributed by atoms with Gasteiger partial charge in [-0.25, -0.2) is 0 Å². The molecule has 0 aliphatic carbocycles. The van der Waals surface area contributed by atoms with Gasteiger partial charge in [0.15, 0.2) is 0 Å². The summed E-state index contributed by atoms with van der Waals surface area (Å²) in [6.45, 7) is 3.25. The minimum Gasteiger partial charge on any atom is -0.486 e. The molecule has 2 rings (SSSR count). The van der Waals surface area contributed by atoms with E-state index in [9.17, 15) is 0 Å². The molecule has 0 bridgehead atoms. The van der Waals surface area contributed by atoms with Gasteiger partial charge in [0.2, 0.25) is 0 Å². The second kappa shape index (κ2) is 5.04. The molecular weight excluding hydrogens is 226 g/mol. The molecule has 16 heavy (non-hydrogen) atoms. The van der Waals surface area contributed by atoms with Gasteiger partial charge in [0, 0.05) is 17.7 Å². The number of hydrogen-bond donors (Lipinski definition) is 1. The van der Waals surface area contributed by atoms with Crippen LogP contribution in [0.25, 0.3) is 0 Å². The summed E-state index contributed by atoms with van der Waals surface area (Å²) in [5, 5.41) is 0.672. The Labute approximate surface area is 100 Å². The standard InChI is InChI=1S/C12H16ClNO2/c1-8-2-3-9(13)6-11(8)16-12-7-15-5-4-10(12)14/h2-3,6,10,12H,4-5,7,14H2,1H3. The Morgan fingerprint density at radius 2 is 2.31 bits per heavy atom. The molecule has 2 atom stereocenters. The summed E-state index contributed by atoms with van der Waals surface area (Å²) in [4.78, 5) is 0. The van der Waals surface area contributed by atoms with Crippen LogP contribution in [0.4, 0.5) is 0 Å². The maximum Gasteiger partial charge on any atom is 0.137 e. The molecule has 1 heterocycles. The van der Waals surface area contributed by atoms with E-state index in [2.05, 4.69) is 0 Å². The lowest BCUT2D eigenvalue weighted by Gasteiger charge is -2.29. The highest BCUT2D eigenvalue weighted by Gasteiger charge is 2.24. The van der Waals surface area contributed by atoms with Crippen LogP contribution in [-0.4, -0.2) is 25.4 Å². The number of ether oxygens (including phenoxy) is 2. The number of halogens is 1. The molecule has 0 radical (unpaired) electrons. The quantitative estimate of drug-likeness (QED) is 0.863. The van der Waals surface area contributed by atoms with Crippen LogP contribution in [0.3, 0.4) is 0 Å². The summed E-state index contributed by atoms with van der Waals surface area (Å²) in [5.41, 5.74) is 7.03. The first-order valence-corrected chi connectivity index (χ1v) is 5.81. The van der Waals surface area contributed by atoms with E-state index in [0.717, 1.165) is 24.3 Å². The Bertz CT molecular complexity index is 370. The fourth-order valence-corrected chi connectivity index (χ4v) is 1.88. The summed E-state index contributed by atoms with van der Waals surface area (Å²) in [6, 6.07) is 5.64. The largest absolute Gasteiger partial charge is 0.486 e. The van der Waals surface area contributed by atoms with E-state index < -0.39 is 0 Å². The molecule has 1 aliphatic heterocycles. The SMILES string of the molecule is Cc1ccc(Cl)cc1OC1COCCC1N. The molecule has 2 unspecified atom stereocenters. The van der Waals surface area contributed by atoms with Crippen LogP contribution >= 0.6 is 11.6 Å². The minimum atomic E-state index is -0.0779. The molecule has 0 amide bonds. The van der Waals surface area contributed by atoms with E-state index in [1.807, 2.05) is 25.1 Å². The fourth-order valence-electron chi connectivity index (χ4n) is 1.71. The average Bonchev–Trinajstić information content (AvgIpc) is 2.27. The molecule has 1 aromatic carbocycles. The lowest BCUT2D eigenvalue weighted by atomic mass is 10.1. The van der Waals surface area contributed by atoms with Gasteiger partial charge in [-0.05, 0) is 31.0 Å². The van der Waals surface area contributed by atoms with Crippen molar-refractivity contribution in [1.82, 2.24) is 0 Å². The molecule has 4 heteroatoms. The van der Waals surface area contributed by atoms with Crippen LogP contribution in [0.1, 0.15) is 12.0 Å². The third kappa shape index (κ3) is 2.67. The number of aryl methyl sites for hydroxylation is 1. The van der Waals surface area contributed by atoms with Gasteiger partial charge in [0.1, 0.15) is 11.9 Å². The maximum absolute atomic E-state index is 5.98. The number of hydrogen-bond acceptors (Lipinski definition) is 3. The highest BCUT2D eigenvalue weighted by atomic mass is 35.5. The predicted octanol–water partition coefficient (Wildman–Crippen LogP) is 2.14. The van der Waals surface area contributed by atoms with Crippen LogP contribution in [0.15, 0.2) is 18.2 Å². The van der Waals surface area contributed by atoms with Crippen molar-refractivity contribution in [1.29, 1.82) is 0 Å². The van der Waals surface area contributed by atoms with Gasteiger partial charge in [-0.3, -0.25) is 0 Å². The maximum atomic E-state index is 5.98. The van der Waals surface area contributed by atoms with Crippen molar-refractivity contribution in [3.05, 3.63) is 28.8 Å². The van der Waals surface area contributed by atoms with Gasteiger partial charge in [-0.1, -0.05) is 17.7 Å².